The average molecular weight is 297 g/mol. The second-order valence-electron chi connectivity index (χ2n) is 3.93. The molecule has 1 heterocycles. The van der Waals surface area contributed by atoms with E-state index in [0.29, 0.717) is 28.1 Å². The summed E-state index contributed by atoms with van der Waals surface area (Å²) in [4.78, 5) is 13.5. The zero-order valence-electron chi connectivity index (χ0n) is 10.6. The zero-order chi connectivity index (χ0) is 14.0. The highest BCUT2D eigenvalue weighted by Crippen LogP contribution is 2.26. The second kappa shape index (κ2) is 5.59. The summed E-state index contributed by atoms with van der Waals surface area (Å²) >= 11 is 11.1. The molecule has 1 N–H and O–H groups in total. The van der Waals surface area contributed by atoms with E-state index in [2.05, 4.69) is 5.32 Å². The fourth-order valence-corrected chi connectivity index (χ4v) is 2.39. The van der Waals surface area contributed by atoms with Crippen LogP contribution in [0.2, 0.25) is 5.02 Å². The Bertz CT molecular complexity index is 572. The first-order valence-corrected chi connectivity index (χ1v) is 6.53. The van der Waals surface area contributed by atoms with Crippen LogP contribution in [-0.2, 0) is 4.79 Å². The van der Waals surface area contributed by atoms with Crippen molar-refractivity contribution in [1.29, 1.82) is 0 Å². The summed E-state index contributed by atoms with van der Waals surface area (Å²) < 4.78 is 5.08. The van der Waals surface area contributed by atoms with Crippen molar-refractivity contribution < 1.29 is 9.53 Å². The molecule has 0 bridgehead atoms. The number of methoxy groups -OCH3 is 1. The average Bonchev–Trinajstić information content (AvgIpc) is 2.64. The van der Waals surface area contributed by atoms with E-state index in [1.807, 2.05) is 13.0 Å². The Morgan fingerprint density at radius 3 is 2.79 bits per heavy atom. The van der Waals surface area contributed by atoms with Gasteiger partial charge in [-0.25, -0.2) is 0 Å². The van der Waals surface area contributed by atoms with Crippen LogP contribution < -0.4 is 10.1 Å². The number of thiocarbonyl (C=S) groups is 1. The quantitative estimate of drug-likeness (QED) is 0.687. The Labute approximate surface area is 122 Å². The molecule has 1 aliphatic heterocycles. The Balaban J connectivity index is 2.30. The van der Waals surface area contributed by atoms with E-state index in [1.165, 1.54) is 4.90 Å². The van der Waals surface area contributed by atoms with Crippen molar-refractivity contribution in [2.75, 3.05) is 13.7 Å². The summed E-state index contributed by atoms with van der Waals surface area (Å²) in [7, 11) is 1.55. The van der Waals surface area contributed by atoms with Crippen LogP contribution in [0.4, 0.5) is 0 Å². The van der Waals surface area contributed by atoms with Crippen LogP contribution >= 0.6 is 23.8 Å². The van der Waals surface area contributed by atoms with E-state index < -0.39 is 0 Å². The molecule has 100 valence electrons. The lowest BCUT2D eigenvalue weighted by Crippen LogP contribution is -2.30. The number of nitrogens with one attached hydrogen (secondary N) is 1. The number of halogens is 1. The number of carbonyl (C=O) groups excluding carboxylic acids is 1. The van der Waals surface area contributed by atoms with Gasteiger partial charge in [0.15, 0.2) is 5.11 Å². The lowest BCUT2D eigenvalue weighted by molar-refractivity contribution is -0.122. The Morgan fingerprint density at radius 1 is 1.53 bits per heavy atom. The largest absolute Gasteiger partial charge is 0.495 e. The molecule has 1 fully saturated rings. The maximum atomic E-state index is 12.0. The van der Waals surface area contributed by atoms with Crippen LogP contribution in [0.1, 0.15) is 12.5 Å². The molecular weight excluding hydrogens is 284 g/mol. The highest BCUT2D eigenvalue weighted by Gasteiger charge is 2.28. The molecule has 19 heavy (non-hydrogen) atoms. The van der Waals surface area contributed by atoms with Crippen molar-refractivity contribution in [3.63, 3.8) is 0 Å². The van der Waals surface area contributed by atoms with Gasteiger partial charge in [-0.15, -0.1) is 0 Å². The van der Waals surface area contributed by atoms with Gasteiger partial charge < -0.3 is 10.1 Å². The smallest absolute Gasteiger partial charge is 0.276 e. The van der Waals surface area contributed by atoms with Gasteiger partial charge in [0, 0.05) is 6.54 Å². The van der Waals surface area contributed by atoms with Crippen LogP contribution in [-0.4, -0.2) is 29.6 Å². The van der Waals surface area contributed by atoms with Gasteiger partial charge in [0.1, 0.15) is 11.4 Å². The van der Waals surface area contributed by atoms with Crippen molar-refractivity contribution in [3.8, 4) is 5.75 Å². The van der Waals surface area contributed by atoms with E-state index >= 15 is 0 Å². The van der Waals surface area contributed by atoms with Gasteiger partial charge in [0.25, 0.3) is 5.91 Å². The molecule has 0 saturated carbocycles. The molecule has 0 unspecified atom stereocenters. The number of carbonyl (C=O) groups is 1. The number of likely N-dealkylation sites (N-methyl/N-ethyl adjacent to an activating group) is 1. The van der Waals surface area contributed by atoms with Crippen LogP contribution in [0.5, 0.6) is 5.75 Å². The minimum Gasteiger partial charge on any atom is -0.495 e. The minimum atomic E-state index is -0.126. The standard InChI is InChI=1S/C13H13ClN2O2S/c1-3-16-12(17)10(15-13(16)19)7-8-4-5-11(18-2)9(14)6-8/h4-7H,3H2,1-2H3,(H,15,19)/b10-7-. The normalized spacial score (nSPS) is 17.0. The fourth-order valence-electron chi connectivity index (χ4n) is 1.80. The number of amides is 1. The molecule has 1 aromatic carbocycles. The predicted molar refractivity (Wildman–Crippen MR) is 79.1 cm³/mol. The highest BCUT2D eigenvalue weighted by atomic mass is 35.5. The molecule has 6 heteroatoms. The molecule has 1 aromatic rings. The fraction of sp³-hybridized carbons (Fsp3) is 0.231. The summed E-state index contributed by atoms with van der Waals surface area (Å²) in [6.45, 7) is 2.42. The van der Waals surface area contributed by atoms with Crippen molar-refractivity contribution in [2.24, 2.45) is 0 Å². The third-order valence-corrected chi connectivity index (χ3v) is 3.38. The van der Waals surface area contributed by atoms with Gasteiger partial charge in [0.2, 0.25) is 0 Å². The summed E-state index contributed by atoms with van der Waals surface area (Å²) in [6, 6.07) is 5.31. The molecule has 0 aliphatic carbocycles. The Morgan fingerprint density at radius 2 is 2.26 bits per heavy atom. The maximum Gasteiger partial charge on any atom is 0.276 e. The third kappa shape index (κ3) is 2.72. The van der Waals surface area contributed by atoms with Gasteiger partial charge in [-0.3, -0.25) is 9.69 Å². The van der Waals surface area contributed by atoms with Crippen LogP contribution in [0.3, 0.4) is 0 Å². The monoisotopic (exact) mass is 296 g/mol. The van der Waals surface area contributed by atoms with Gasteiger partial charge >= 0.3 is 0 Å². The minimum absolute atomic E-state index is 0.126. The molecular formula is C13H13ClN2O2S. The topological polar surface area (TPSA) is 41.6 Å². The van der Waals surface area contributed by atoms with E-state index in [4.69, 9.17) is 28.6 Å². The summed E-state index contributed by atoms with van der Waals surface area (Å²) in [6.07, 6.45) is 1.72. The van der Waals surface area contributed by atoms with Crippen molar-refractivity contribution in [2.45, 2.75) is 6.92 Å². The van der Waals surface area contributed by atoms with Crippen LogP contribution in [0.15, 0.2) is 23.9 Å². The number of hydrogen-bond acceptors (Lipinski definition) is 3. The van der Waals surface area contributed by atoms with Crippen LogP contribution in [0.25, 0.3) is 6.08 Å². The highest BCUT2D eigenvalue weighted by molar-refractivity contribution is 7.80. The Hall–Kier alpha value is -1.59. The van der Waals surface area contributed by atoms with Gasteiger partial charge in [0.05, 0.1) is 12.1 Å². The summed E-state index contributed by atoms with van der Waals surface area (Å²) in [5.41, 5.74) is 1.26. The van der Waals surface area contributed by atoms with E-state index in [0.717, 1.165) is 5.56 Å². The second-order valence-corrected chi connectivity index (χ2v) is 4.73. The maximum absolute atomic E-state index is 12.0. The molecule has 4 nitrogen and oxygen atoms in total. The summed E-state index contributed by atoms with van der Waals surface area (Å²) in [5.74, 6) is 0.472. The predicted octanol–water partition coefficient (Wildman–Crippen LogP) is 2.43. The molecule has 1 amide bonds. The van der Waals surface area contributed by atoms with E-state index in [-0.39, 0.29) is 5.91 Å². The molecule has 0 radical (unpaired) electrons. The van der Waals surface area contributed by atoms with Crippen molar-refractivity contribution in [3.05, 3.63) is 34.5 Å². The molecule has 0 spiro atoms. The number of rotatable bonds is 3. The number of nitrogens with zero attached hydrogens (tertiary/aromatic N) is 1. The van der Waals surface area contributed by atoms with E-state index in [1.54, 1.807) is 25.3 Å². The number of ether oxygens (including phenoxy) is 1. The molecule has 1 aliphatic rings. The van der Waals surface area contributed by atoms with E-state index in [9.17, 15) is 4.79 Å². The molecule has 2 rings (SSSR count). The van der Waals surface area contributed by atoms with Gasteiger partial charge in [-0.2, -0.15) is 0 Å². The third-order valence-electron chi connectivity index (χ3n) is 2.77. The first kappa shape index (κ1) is 13.8. The lowest BCUT2D eigenvalue weighted by atomic mass is 10.2. The SMILES string of the molecule is CCN1C(=O)/C(=C/c2ccc(OC)c(Cl)c2)NC1=S. The molecule has 1 saturated heterocycles. The van der Waals surface area contributed by atoms with Crippen LogP contribution in [0, 0.1) is 0 Å². The molecule has 0 aromatic heterocycles. The van der Waals surface area contributed by atoms with Gasteiger partial charge in [-0.1, -0.05) is 17.7 Å². The number of benzene rings is 1. The van der Waals surface area contributed by atoms with Gasteiger partial charge in [-0.05, 0) is 42.9 Å². The lowest BCUT2D eigenvalue weighted by Gasteiger charge is -2.08. The zero-order valence-corrected chi connectivity index (χ0v) is 12.1. The number of hydrogen-bond donors (Lipinski definition) is 1. The Kier molecular flexibility index (Phi) is 4.07. The first-order valence-electron chi connectivity index (χ1n) is 5.75. The van der Waals surface area contributed by atoms with Crippen molar-refractivity contribution >= 4 is 40.9 Å². The molecule has 0 atom stereocenters. The first-order chi connectivity index (χ1) is 9.06. The van der Waals surface area contributed by atoms with Crippen molar-refractivity contribution in [1.82, 2.24) is 10.2 Å². The summed E-state index contributed by atoms with van der Waals surface area (Å²) in [5, 5.41) is 3.82.